The van der Waals surface area contributed by atoms with Gasteiger partial charge in [-0.05, 0) is 36.4 Å². The van der Waals surface area contributed by atoms with Crippen LogP contribution in [0.15, 0.2) is 59.1 Å². The molecule has 0 spiro atoms. The molecule has 7 heteroatoms. The van der Waals surface area contributed by atoms with Crippen LogP contribution in [-0.4, -0.2) is 30.3 Å². The van der Waals surface area contributed by atoms with E-state index in [1.54, 1.807) is 20.3 Å². The quantitative estimate of drug-likeness (QED) is 0.648. The lowest BCUT2D eigenvalue weighted by molar-refractivity contribution is -0.116. The molecular formula is C20H19N3O4. The first kappa shape index (κ1) is 18.2. The number of rotatable bonds is 7. The summed E-state index contributed by atoms with van der Waals surface area (Å²) in [6, 6.07) is 14.7. The topological polar surface area (TPSA) is 86.5 Å². The van der Waals surface area contributed by atoms with E-state index in [1.807, 2.05) is 48.5 Å². The maximum atomic E-state index is 12.0. The average molecular weight is 365 g/mol. The van der Waals surface area contributed by atoms with Gasteiger partial charge in [-0.3, -0.25) is 4.79 Å². The fraction of sp³-hybridized carbons (Fsp3) is 0.150. The maximum absolute atomic E-state index is 12.0. The molecule has 0 saturated heterocycles. The van der Waals surface area contributed by atoms with Gasteiger partial charge in [0.25, 0.3) is 0 Å². The van der Waals surface area contributed by atoms with E-state index in [-0.39, 0.29) is 12.5 Å². The van der Waals surface area contributed by atoms with Gasteiger partial charge < -0.3 is 19.3 Å². The monoisotopic (exact) mass is 365 g/mol. The Morgan fingerprint density at radius 1 is 1.11 bits per heavy atom. The van der Waals surface area contributed by atoms with Crippen LogP contribution in [0, 0.1) is 0 Å². The lowest BCUT2D eigenvalue weighted by Crippen LogP contribution is -2.20. The van der Waals surface area contributed by atoms with E-state index >= 15 is 0 Å². The molecule has 3 aromatic rings. The summed E-state index contributed by atoms with van der Waals surface area (Å²) < 4.78 is 15.5. The third-order valence-corrected chi connectivity index (χ3v) is 3.78. The molecule has 1 heterocycles. The predicted molar refractivity (Wildman–Crippen MR) is 100 cm³/mol. The first-order chi connectivity index (χ1) is 13.2. The summed E-state index contributed by atoms with van der Waals surface area (Å²) in [5.41, 5.74) is 1.61. The SMILES string of the molecule is COc1ccc(-c2noc(CNC(=O)/C=C/c3ccccc3OC)n2)cc1. The molecule has 7 nitrogen and oxygen atoms in total. The number of amides is 1. The van der Waals surface area contributed by atoms with Gasteiger partial charge in [-0.25, -0.2) is 0 Å². The minimum absolute atomic E-state index is 0.137. The number of benzene rings is 2. The van der Waals surface area contributed by atoms with Crippen LogP contribution in [0.4, 0.5) is 0 Å². The zero-order valence-corrected chi connectivity index (χ0v) is 15.0. The summed E-state index contributed by atoms with van der Waals surface area (Å²) in [6.07, 6.45) is 3.11. The van der Waals surface area contributed by atoms with E-state index in [4.69, 9.17) is 14.0 Å². The molecular weight excluding hydrogens is 346 g/mol. The van der Waals surface area contributed by atoms with Gasteiger partial charge >= 0.3 is 0 Å². The fourth-order valence-corrected chi connectivity index (χ4v) is 2.38. The fourth-order valence-electron chi connectivity index (χ4n) is 2.38. The number of hydrogen-bond acceptors (Lipinski definition) is 6. The van der Waals surface area contributed by atoms with Crippen LogP contribution in [0.1, 0.15) is 11.5 Å². The van der Waals surface area contributed by atoms with E-state index in [1.165, 1.54) is 6.08 Å². The second-order valence-corrected chi connectivity index (χ2v) is 5.53. The molecule has 138 valence electrons. The van der Waals surface area contributed by atoms with E-state index in [0.29, 0.717) is 17.5 Å². The van der Waals surface area contributed by atoms with Gasteiger partial charge in [-0.1, -0.05) is 23.4 Å². The molecule has 0 radical (unpaired) electrons. The first-order valence-corrected chi connectivity index (χ1v) is 8.25. The van der Waals surface area contributed by atoms with Crippen LogP contribution in [0.2, 0.25) is 0 Å². The van der Waals surface area contributed by atoms with Crippen molar-refractivity contribution < 1.29 is 18.8 Å². The van der Waals surface area contributed by atoms with Gasteiger partial charge in [-0.2, -0.15) is 4.98 Å². The van der Waals surface area contributed by atoms with Crippen LogP contribution in [0.5, 0.6) is 11.5 Å². The molecule has 0 atom stereocenters. The van der Waals surface area contributed by atoms with Crippen LogP contribution in [-0.2, 0) is 11.3 Å². The lowest BCUT2D eigenvalue weighted by Gasteiger charge is -2.03. The Bertz CT molecular complexity index is 932. The van der Waals surface area contributed by atoms with Crippen molar-refractivity contribution in [3.8, 4) is 22.9 Å². The second kappa shape index (κ2) is 8.66. The Morgan fingerprint density at radius 3 is 2.63 bits per heavy atom. The summed E-state index contributed by atoms with van der Waals surface area (Å²) in [6.45, 7) is 0.137. The smallest absolute Gasteiger partial charge is 0.246 e. The Kier molecular flexibility index (Phi) is 5.84. The second-order valence-electron chi connectivity index (χ2n) is 5.53. The van der Waals surface area contributed by atoms with Crippen molar-refractivity contribution in [1.82, 2.24) is 15.5 Å². The predicted octanol–water partition coefficient (Wildman–Crippen LogP) is 3.08. The van der Waals surface area contributed by atoms with Gasteiger partial charge in [0.15, 0.2) is 0 Å². The normalized spacial score (nSPS) is 10.7. The molecule has 0 fully saturated rings. The van der Waals surface area contributed by atoms with Crippen molar-refractivity contribution in [3.05, 3.63) is 66.1 Å². The highest BCUT2D eigenvalue weighted by Crippen LogP contribution is 2.20. The number of hydrogen-bond donors (Lipinski definition) is 1. The summed E-state index contributed by atoms with van der Waals surface area (Å²) in [7, 11) is 3.19. The van der Waals surface area contributed by atoms with Crippen LogP contribution < -0.4 is 14.8 Å². The highest BCUT2D eigenvalue weighted by atomic mass is 16.5. The molecule has 0 aliphatic heterocycles. The molecule has 0 aliphatic rings. The number of methoxy groups -OCH3 is 2. The van der Waals surface area contributed by atoms with E-state index in [2.05, 4.69) is 15.5 Å². The molecule has 0 aliphatic carbocycles. The Labute approximate surface area is 156 Å². The number of carbonyl (C=O) groups excluding carboxylic acids is 1. The Morgan fingerprint density at radius 2 is 1.89 bits per heavy atom. The minimum atomic E-state index is -0.273. The number of ether oxygens (including phenoxy) is 2. The molecule has 1 N–H and O–H groups in total. The van der Waals surface area contributed by atoms with Crippen molar-refractivity contribution in [2.75, 3.05) is 14.2 Å². The largest absolute Gasteiger partial charge is 0.497 e. The minimum Gasteiger partial charge on any atom is -0.497 e. The number of para-hydroxylation sites is 1. The van der Waals surface area contributed by atoms with Crippen LogP contribution in [0.25, 0.3) is 17.5 Å². The van der Waals surface area contributed by atoms with Gasteiger partial charge in [0.1, 0.15) is 11.5 Å². The lowest BCUT2D eigenvalue weighted by atomic mass is 10.2. The van der Waals surface area contributed by atoms with Gasteiger partial charge in [-0.15, -0.1) is 0 Å². The molecule has 0 bridgehead atoms. The third-order valence-electron chi connectivity index (χ3n) is 3.78. The van der Waals surface area contributed by atoms with E-state index < -0.39 is 0 Å². The zero-order valence-electron chi connectivity index (χ0n) is 15.0. The van der Waals surface area contributed by atoms with E-state index in [9.17, 15) is 4.79 Å². The average Bonchev–Trinajstić information content (AvgIpc) is 3.20. The summed E-state index contributed by atoms with van der Waals surface area (Å²) >= 11 is 0. The van der Waals surface area contributed by atoms with Gasteiger partial charge in [0.2, 0.25) is 17.6 Å². The number of carbonyl (C=O) groups is 1. The van der Waals surface area contributed by atoms with Gasteiger partial charge in [0.05, 0.1) is 20.8 Å². The van der Waals surface area contributed by atoms with Gasteiger partial charge in [0, 0.05) is 17.2 Å². The first-order valence-electron chi connectivity index (χ1n) is 8.25. The molecule has 27 heavy (non-hydrogen) atoms. The van der Waals surface area contributed by atoms with Crippen LogP contribution >= 0.6 is 0 Å². The Balaban J connectivity index is 1.57. The highest BCUT2D eigenvalue weighted by Gasteiger charge is 2.09. The Hall–Kier alpha value is -3.61. The van der Waals surface area contributed by atoms with Crippen molar-refractivity contribution in [1.29, 1.82) is 0 Å². The molecule has 0 saturated carbocycles. The number of nitrogens with zero attached hydrogens (tertiary/aromatic N) is 2. The van der Waals surface area contributed by atoms with Crippen molar-refractivity contribution >= 4 is 12.0 Å². The summed E-state index contributed by atoms with van der Waals surface area (Å²) in [5, 5.41) is 6.63. The number of aromatic nitrogens is 2. The molecule has 1 aromatic heterocycles. The standard InChI is InChI=1S/C20H19N3O4/c1-25-16-10-7-15(8-11-16)20-22-19(27-23-20)13-21-18(24)12-9-14-5-3-4-6-17(14)26-2/h3-12H,13H2,1-2H3,(H,21,24)/b12-9+. The highest BCUT2D eigenvalue weighted by molar-refractivity contribution is 5.92. The molecule has 0 unspecified atom stereocenters. The van der Waals surface area contributed by atoms with E-state index in [0.717, 1.165) is 16.9 Å². The third kappa shape index (κ3) is 4.72. The maximum Gasteiger partial charge on any atom is 0.246 e. The molecule has 2 aromatic carbocycles. The van der Waals surface area contributed by atoms with Crippen molar-refractivity contribution in [3.63, 3.8) is 0 Å². The van der Waals surface area contributed by atoms with Crippen molar-refractivity contribution in [2.24, 2.45) is 0 Å². The number of nitrogens with one attached hydrogen (secondary N) is 1. The van der Waals surface area contributed by atoms with Crippen LogP contribution in [0.3, 0.4) is 0 Å². The molecule has 3 rings (SSSR count). The zero-order chi connectivity index (χ0) is 19.1. The summed E-state index contributed by atoms with van der Waals surface area (Å²) in [5.74, 6) is 1.94. The molecule has 1 amide bonds. The summed E-state index contributed by atoms with van der Waals surface area (Å²) in [4.78, 5) is 16.3. The van der Waals surface area contributed by atoms with Crippen molar-refractivity contribution in [2.45, 2.75) is 6.54 Å².